The van der Waals surface area contributed by atoms with Crippen LogP contribution in [0.25, 0.3) is 21.9 Å². The molecule has 1 aliphatic carbocycles. The molecule has 3 heterocycles. The number of hydrogen-bond acceptors (Lipinski definition) is 5. The van der Waals surface area contributed by atoms with Gasteiger partial charge in [0.15, 0.2) is 0 Å². The van der Waals surface area contributed by atoms with Gasteiger partial charge in [0.05, 0.1) is 18.8 Å². The summed E-state index contributed by atoms with van der Waals surface area (Å²) in [6.07, 6.45) is 8.50. The molecule has 0 bridgehead atoms. The van der Waals surface area contributed by atoms with Crippen molar-refractivity contribution in [3.63, 3.8) is 0 Å². The first-order valence-corrected chi connectivity index (χ1v) is 8.13. The van der Waals surface area contributed by atoms with Crippen molar-refractivity contribution < 1.29 is 4.74 Å². The van der Waals surface area contributed by atoms with Crippen LogP contribution in [0, 0.1) is 5.92 Å². The molecular weight excluding hydrogens is 290 g/mol. The Labute approximate surface area is 134 Å². The maximum atomic E-state index is 5.85. The highest BCUT2D eigenvalue weighted by molar-refractivity contribution is 6.06. The van der Waals surface area contributed by atoms with Crippen LogP contribution in [0.1, 0.15) is 38.6 Å². The molecule has 6 nitrogen and oxygen atoms in total. The number of ether oxygens (including phenoxy) is 1. The summed E-state index contributed by atoms with van der Waals surface area (Å²) in [5, 5.41) is 2.08. The van der Waals surface area contributed by atoms with E-state index >= 15 is 0 Å². The molecule has 6 heteroatoms. The lowest BCUT2D eigenvalue weighted by molar-refractivity contribution is 0.298. The highest BCUT2D eigenvalue weighted by atomic mass is 16.5. The van der Waals surface area contributed by atoms with Crippen molar-refractivity contribution in [2.75, 3.05) is 12.8 Å². The van der Waals surface area contributed by atoms with Crippen LogP contribution in [0.4, 0.5) is 5.95 Å². The van der Waals surface area contributed by atoms with Crippen molar-refractivity contribution in [1.82, 2.24) is 19.5 Å². The average molecular weight is 311 g/mol. The van der Waals surface area contributed by atoms with E-state index in [1.807, 2.05) is 12.3 Å². The van der Waals surface area contributed by atoms with Gasteiger partial charge in [0.2, 0.25) is 11.8 Å². The van der Waals surface area contributed by atoms with Crippen molar-refractivity contribution in [2.45, 2.75) is 38.6 Å². The van der Waals surface area contributed by atoms with Gasteiger partial charge < -0.3 is 15.0 Å². The van der Waals surface area contributed by atoms with Gasteiger partial charge in [-0.1, -0.05) is 6.92 Å². The zero-order chi connectivity index (χ0) is 16.0. The molecule has 1 saturated carbocycles. The first-order chi connectivity index (χ1) is 11.2. The van der Waals surface area contributed by atoms with Crippen LogP contribution < -0.4 is 10.5 Å². The average Bonchev–Trinajstić information content (AvgIpc) is 2.88. The normalized spacial score (nSPS) is 21.8. The van der Waals surface area contributed by atoms with E-state index in [-0.39, 0.29) is 0 Å². The van der Waals surface area contributed by atoms with E-state index in [0.29, 0.717) is 17.9 Å². The highest BCUT2D eigenvalue weighted by Crippen LogP contribution is 2.38. The van der Waals surface area contributed by atoms with Crippen molar-refractivity contribution in [3.8, 4) is 5.88 Å². The number of rotatable bonds is 2. The molecule has 1 aliphatic rings. The predicted molar refractivity (Wildman–Crippen MR) is 90.5 cm³/mol. The van der Waals surface area contributed by atoms with Gasteiger partial charge in [-0.3, -0.25) is 0 Å². The lowest BCUT2D eigenvalue weighted by Gasteiger charge is -2.28. The number of fused-ring (bicyclic) bond motifs is 3. The van der Waals surface area contributed by atoms with Gasteiger partial charge in [-0.25, -0.2) is 9.97 Å². The second kappa shape index (κ2) is 5.37. The smallest absolute Gasteiger partial charge is 0.221 e. The molecule has 0 aliphatic heterocycles. The Balaban J connectivity index is 1.97. The molecule has 3 aromatic rings. The third kappa shape index (κ3) is 2.29. The molecule has 0 atom stereocenters. The van der Waals surface area contributed by atoms with E-state index in [1.54, 1.807) is 13.3 Å². The quantitative estimate of drug-likeness (QED) is 0.785. The Bertz CT molecular complexity index is 864. The van der Waals surface area contributed by atoms with Crippen LogP contribution in [0.15, 0.2) is 18.5 Å². The molecule has 0 saturated heterocycles. The molecule has 0 unspecified atom stereocenters. The maximum Gasteiger partial charge on any atom is 0.221 e. The van der Waals surface area contributed by atoms with Gasteiger partial charge in [0, 0.05) is 29.1 Å². The molecule has 0 amide bonds. The number of aromatic nitrogens is 4. The zero-order valence-corrected chi connectivity index (χ0v) is 13.5. The number of nitrogens with two attached hydrogens (primary N) is 1. The van der Waals surface area contributed by atoms with Gasteiger partial charge in [0.1, 0.15) is 5.65 Å². The largest absolute Gasteiger partial charge is 0.481 e. The fraction of sp³-hybridized carbons (Fsp3) is 0.471. The number of nitrogen functional groups attached to an aromatic ring is 1. The van der Waals surface area contributed by atoms with Crippen molar-refractivity contribution in [2.24, 2.45) is 5.92 Å². The Morgan fingerprint density at radius 1 is 1.13 bits per heavy atom. The zero-order valence-electron chi connectivity index (χ0n) is 13.5. The molecule has 4 rings (SSSR count). The third-order valence-electron chi connectivity index (χ3n) is 4.98. The lowest BCUT2D eigenvalue weighted by atomic mass is 9.87. The van der Waals surface area contributed by atoms with Crippen LogP contribution in [-0.4, -0.2) is 26.6 Å². The second-order valence-electron chi connectivity index (χ2n) is 6.49. The van der Waals surface area contributed by atoms with Crippen LogP contribution in [0.5, 0.6) is 5.88 Å². The summed E-state index contributed by atoms with van der Waals surface area (Å²) in [4.78, 5) is 13.1. The van der Waals surface area contributed by atoms with E-state index in [2.05, 4.69) is 26.4 Å². The fourth-order valence-corrected chi connectivity index (χ4v) is 3.69. The van der Waals surface area contributed by atoms with Gasteiger partial charge in [-0.15, -0.1) is 0 Å². The van der Waals surface area contributed by atoms with E-state index in [9.17, 15) is 0 Å². The van der Waals surface area contributed by atoms with Gasteiger partial charge in [-0.05, 0) is 31.6 Å². The molecule has 3 aromatic heterocycles. The number of anilines is 1. The van der Waals surface area contributed by atoms with Crippen LogP contribution in [0.3, 0.4) is 0 Å². The lowest BCUT2D eigenvalue weighted by Crippen LogP contribution is -2.17. The highest BCUT2D eigenvalue weighted by Gasteiger charge is 2.24. The van der Waals surface area contributed by atoms with E-state index in [1.165, 1.54) is 12.8 Å². The summed E-state index contributed by atoms with van der Waals surface area (Å²) < 4.78 is 7.58. The number of hydrogen-bond donors (Lipinski definition) is 1. The molecule has 1 fully saturated rings. The topological polar surface area (TPSA) is 78.9 Å². The van der Waals surface area contributed by atoms with Gasteiger partial charge in [0.25, 0.3) is 0 Å². The van der Waals surface area contributed by atoms with Crippen LogP contribution in [0.2, 0.25) is 0 Å². The summed E-state index contributed by atoms with van der Waals surface area (Å²) in [7, 11) is 1.63. The first-order valence-electron chi connectivity index (χ1n) is 8.13. The standard InChI is InChI=1S/C17H21N5O/c1-10-3-5-11(6-4-10)22-14-9-19-15(23-2)7-12(14)13-8-20-17(18)21-16(13)22/h7-11H,3-6H2,1-2H3,(H2,18,20,21)/t10-,11-. The summed E-state index contributed by atoms with van der Waals surface area (Å²) in [5.74, 6) is 1.72. The molecule has 2 N–H and O–H groups in total. The molecule has 0 spiro atoms. The Morgan fingerprint density at radius 3 is 2.65 bits per heavy atom. The van der Waals surface area contributed by atoms with Crippen molar-refractivity contribution >= 4 is 27.9 Å². The minimum absolute atomic E-state index is 0.311. The molecular formula is C17H21N5O. The van der Waals surface area contributed by atoms with Crippen LogP contribution >= 0.6 is 0 Å². The van der Waals surface area contributed by atoms with Crippen molar-refractivity contribution in [1.29, 1.82) is 0 Å². The minimum atomic E-state index is 0.311. The summed E-state index contributed by atoms with van der Waals surface area (Å²) in [6.45, 7) is 2.33. The van der Waals surface area contributed by atoms with Gasteiger partial charge >= 0.3 is 0 Å². The minimum Gasteiger partial charge on any atom is -0.481 e. The SMILES string of the molecule is COc1cc2c3cnc(N)nc3n([C@H]3CC[C@H](C)CC3)c2cn1. The number of pyridine rings is 1. The third-order valence-corrected chi connectivity index (χ3v) is 4.98. The first kappa shape index (κ1) is 14.2. The Kier molecular flexibility index (Phi) is 3.32. The summed E-state index contributed by atoms with van der Waals surface area (Å²) in [5.41, 5.74) is 7.83. The fourth-order valence-electron chi connectivity index (χ4n) is 3.69. The Hall–Kier alpha value is -2.37. The van der Waals surface area contributed by atoms with E-state index in [4.69, 9.17) is 10.5 Å². The van der Waals surface area contributed by atoms with Crippen LogP contribution in [-0.2, 0) is 0 Å². The number of methoxy groups -OCH3 is 1. The van der Waals surface area contributed by atoms with E-state index < -0.39 is 0 Å². The summed E-state index contributed by atoms with van der Waals surface area (Å²) >= 11 is 0. The predicted octanol–water partition coefficient (Wildman–Crippen LogP) is 3.32. The molecule has 0 radical (unpaired) electrons. The maximum absolute atomic E-state index is 5.85. The molecule has 120 valence electrons. The van der Waals surface area contributed by atoms with E-state index in [0.717, 1.165) is 40.7 Å². The molecule has 0 aromatic carbocycles. The monoisotopic (exact) mass is 311 g/mol. The second-order valence-corrected chi connectivity index (χ2v) is 6.49. The van der Waals surface area contributed by atoms with Gasteiger partial charge in [-0.2, -0.15) is 4.98 Å². The Morgan fingerprint density at radius 2 is 1.91 bits per heavy atom. The molecule has 23 heavy (non-hydrogen) atoms. The van der Waals surface area contributed by atoms with Crippen molar-refractivity contribution in [3.05, 3.63) is 18.5 Å². The summed E-state index contributed by atoms with van der Waals surface area (Å²) in [6, 6.07) is 2.40. The number of nitrogens with zero attached hydrogens (tertiary/aromatic N) is 4.